The topological polar surface area (TPSA) is 42.2 Å². The first-order valence-corrected chi connectivity index (χ1v) is 7.45. The molecule has 0 unspecified atom stereocenters. The average molecular weight is 259 g/mol. The largest absolute Gasteiger partial charge is 0.478 e. The van der Waals surface area contributed by atoms with Crippen molar-refractivity contribution in [1.82, 2.24) is 4.57 Å². The number of rotatable bonds is 2. The number of nitrogens with zero attached hydrogens (tertiary/aromatic N) is 1. The van der Waals surface area contributed by atoms with Crippen molar-refractivity contribution >= 4 is 5.97 Å². The van der Waals surface area contributed by atoms with E-state index in [9.17, 15) is 9.90 Å². The van der Waals surface area contributed by atoms with Crippen molar-refractivity contribution in [3.8, 4) is 0 Å². The third-order valence-electron chi connectivity index (χ3n) is 5.80. The Morgan fingerprint density at radius 1 is 1.16 bits per heavy atom. The SMILES string of the molecule is Cn1cc(C(=O)O)c(C23CC4CC(CC(C4)C2)C3)c1. The van der Waals surface area contributed by atoms with E-state index in [2.05, 4.69) is 6.20 Å². The van der Waals surface area contributed by atoms with Gasteiger partial charge in [-0.05, 0) is 67.3 Å². The molecule has 0 aromatic carbocycles. The van der Waals surface area contributed by atoms with E-state index < -0.39 is 5.97 Å². The lowest BCUT2D eigenvalue weighted by molar-refractivity contribution is -0.00577. The van der Waals surface area contributed by atoms with Crippen LogP contribution in [0.25, 0.3) is 0 Å². The van der Waals surface area contributed by atoms with Gasteiger partial charge in [-0.1, -0.05) is 0 Å². The Labute approximate surface area is 113 Å². The summed E-state index contributed by atoms with van der Waals surface area (Å²) in [5.41, 5.74) is 1.86. The van der Waals surface area contributed by atoms with Crippen molar-refractivity contribution in [1.29, 1.82) is 0 Å². The molecule has 4 fully saturated rings. The molecule has 1 aromatic rings. The molecule has 3 nitrogen and oxygen atoms in total. The first-order chi connectivity index (χ1) is 9.06. The quantitative estimate of drug-likeness (QED) is 0.886. The van der Waals surface area contributed by atoms with Crippen LogP contribution in [-0.4, -0.2) is 15.6 Å². The summed E-state index contributed by atoms with van der Waals surface area (Å²) >= 11 is 0. The van der Waals surface area contributed by atoms with Crippen LogP contribution >= 0.6 is 0 Å². The van der Waals surface area contributed by atoms with Crippen molar-refractivity contribution in [3.63, 3.8) is 0 Å². The van der Waals surface area contributed by atoms with Gasteiger partial charge >= 0.3 is 5.97 Å². The minimum Gasteiger partial charge on any atom is -0.478 e. The Balaban J connectivity index is 1.81. The summed E-state index contributed by atoms with van der Waals surface area (Å²) < 4.78 is 1.93. The smallest absolute Gasteiger partial charge is 0.337 e. The summed E-state index contributed by atoms with van der Waals surface area (Å²) in [5, 5.41) is 9.47. The van der Waals surface area contributed by atoms with E-state index in [1.807, 2.05) is 11.6 Å². The van der Waals surface area contributed by atoms with Crippen molar-refractivity contribution in [2.75, 3.05) is 0 Å². The summed E-state index contributed by atoms with van der Waals surface area (Å²) in [6.07, 6.45) is 11.7. The summed E-state index contributed by atoms with van der Waals surface area (Å²) in [7, 11) is 1.94. The highest BCUT2D eigenvalue weighted by Crippen LogP contribution is 2.61. The number of aromatic carboxylic acids is 1. The summed E-state index contributed by atoms with van der Waals surface area (Å²) in [6, 6.07) is 0. The minimum absolute atomic E-state index is 0.184. The van der Waals surface area contributed by atoms with Crippen LogP contribution in [0.3, 0.4) is 0 Å². The molecule has 4 bridgehead atoms. The third-order valence-corrected chi connectivity index (χ3v) is 5.80. The highest BCUT2D eigenvalue weighted by molar-refractivity contribution is 5.89. The van der Waals surface area contributed by atoms with E-state index in [4.69, 9.17) is 0 Å². The van der Waals surface area contributed by atoms with Gasteiger partial charge in [0.25, 0.3) is 0 Å². The van der Waals surface area contributed by atoms with Crippen molar-refractivity contribution in [2.24, 2.45) is 24.8 Å². The fraction of sp³-hybridized carbons (Fsp3) is 0.688. The zero-order valence-electron chi connectivity index (χ0n) is 11.4. The molecule has 0 saturated heterocycles. The molecule has 3 heteroatoms. The van der Waals surface area contributed by atoms with E-state index in [0.29, 0.717) is 5.56 Å². The molecule has 0 spiro atoms. The monoisotopic (exact) mass is 259 g/mol. The van der Waals surface area contributed by atoms with Gasteiger partial charge < -0.3 is 9.67 Å². The second kappa shape index (κ2) is 3.65. The maximum absolute atomic E-state index is 11.5. The van der Waals surface area contributed by atoms with Crippen LogP contribution < -0.4 is 0 Å². The van der Waals surface area contributed by atoms with E-state index in [1.54, 1.807) is 6.20 Å². The Hall–Kier alpha value is -1.25. The number of hydrogen-bond acceptors (Lipinski definition) is 1. The molecule has 0 atom stereocenters. The average Bonchev–Trinajstić information content (AvgIpc) is 2.70. The van der Waals surface area contributed by atoms with Gasteiger partial charge in [0, 0.05) is 19.4 Å². The number of hydrogen-bond donors (Lipinski definition) is 1. The fourth-order valence-electron chi connectivity index (χ4n) is 5.62. The van der Waals surface area contributed by atoms with Gasteiger partial charge in [0.05, 0.1) is 5.56 Å². The van der Waals surface area contributed by atoms with Crippen LogP contribution in [0, 0.1) is 17.8 Å². The Bertz CT molecular complexity index is 508. The molecule has 4 aliphatic rings. The molecule has 0 aliphatic heterocycles. The highest BCUT2D eigenvalue weighted by atomic mass is 16.4. The number of aromatic nitrogens is 1. The number of carbonyl (C=O) groups is 1. The molecule has 4 saturated carbocycles. The molecule has 0 radical (unpaired) electrons. The fourth-order valence-corrected chi connectivity index (χ4v) is 5.62. The Kier molecular flexibility index (Phi) is 2.22. The third kappa shape index (κ3) is 1.60. The zero-order chi connectivity index (χ0) is 13.2. The van der Waals surface area contributed by atoms with Crippen molar-refractivity contribution in [3.05, 3.63) is 23.5 Å². The van der Waals surface area contributed by atoms with Gasteiger partial charge in [-0.2, -0.15) is 0 Å². The Morgan fingerprint density at radius 2 is 1.68 bits per heavy atom. The summed E-state index contributed by atoms with van der Waals surface area (Å²) in [5.74, 6) is 1.81. The van der Waals surface area contributed by atoms with Gasteiger partial charge in [0.2, 0.25) is 0 Å². The summed E-state index contributed by atoms with van der Waals surface area (Å²) in [4.78, 5) is 11.5. The lowest BCUT2D eigenvalue weighted by Gasteiger charge is -2.57. The minimum atomic E-state index is -0.758. The number of carboxylic acid groups (broad SMARTS) is 1. The van der Waals surface area contributed by atoms with E-state index >= 15 is 0 Å². The van der Waals surface area contributed by atoms with Gasteiger partial charge in [0.15, 0.2) is 0 Å². The van der Waals surface area contributed by atoms with Crippen LogP contribution in [0.5, 0.6) is 0 Å². The first-order valence-electron chi connectivity index (χ1n) is 7.45. The molecule has 102 valence electrons. The van der Waals surface area contributed by atoms with Crippen LogP contribution in [0.15, 0.2) is 12.4 Å². The van der Waals surface area contributed by atoms with E-state index in [0.717, 1.165) is 23.3 Å². The first kappa shape index (κ1) is 11.6. The van der Waals surface area contributed by atoms with Crippen molar-refractivity contribution < 1.29 is 9.90 Å². The van der Waals surface area contributed by atoms with Gasteiger partial charge in [-0.15, -0.1) is 0 Å². The molecule has 4 aliphatic carbocycles. The van der Waals surface area contributed by atoms with Crippen LogP contribution in [0.4, 0.5) is 0 Å². The molecule has 0 amide bonds. The number of carboxylic acids is 1. The van der Waals surface area contributed by atoms with Crippen molar-refractivity contribution in [2.45, 2.75) is 43.9 Å². The predicted molar refractivity (Wildman–Crippen MR) is 72.2 cm³/mol. The van der Waals surface area contributed by atoms with Crippen LogP contribution in [0.1, 0.15) is 54.4 Å². The second-order valence-electron chi connectivity index (χ2n) is 7.25. The molecule has 19 heavy (non-hydrogen) atoms. The normalized spacial score (nSPS) is 39.7. The maximum atomic E-state index is 11.5. The summed E-state index contributed by atoms with van der Waals surface area (Å²) in [6.45, 7) is 0. The molecule has 1 heterocycles. The predicted octanol–water partition coefficient (Wildman–Crippen LogP) is 3.19. The molecule has 1 aromatic heterocycles. The zero-order valence-corrected chi connectivity index (χ0v) is 11.4. The van der Waals surface area contributed by atoms with Gasteiger partial charge in [-0.25, -0.2) is 4.79 Å². The maximum Gasteiger partial charge on any atom is 0.337 e. The second-order valence-corrected chi connectivity index (χ2v) is 7.25. The molecule has 5 rings (SSSR count). The lowest BCUT2D eigenvalue weighted by atomic mass is 9.48. The van der Waals surface area contributed by atoms with Gasteiger partial charge in [-0.3, -0.25) is 0 Å². The molecular weight excluding hydrogens is 238 g/mol. The standard InChI is InChI=1S/C16H21NO2/c1-17-8-13(15(18)19)14(9-17)16-5-10-2-11(6-16)4-12(3-10)7-16/h8-12H,2-7H2,1H3,(H,18,19). The Morgan fingerprint density at radius 3 is 2.16 bits per heavy atom. The van der Waals surface area contributed by atoms with E-state index in [1.165, 1.54) is 38.5 Å². The number of aryl methyl sites for hydroxylation is 1. The van der Waals surface area contributed by atoms with Gasteiger partial charge in [0.1, 0.15) is 0 Å². The highest BCUT2D eigenvalue weighted by Gasteiger charge is 2.52. The van der Waals surface area contributed by atoms with Crippen LogP contribution in [-0.2, 0) is 12.5 Å². The van der Waals surface area contributed by atoms with E-state index in [-0.39, 0.29) is 5.41 Å². The molecule has 1 N–H and O–H groups in total. The lowest BCUT2D eigenvalue weighted by Crippen LogP contribution is -2.48. The van der Waals surface area contributed by atoms with Crippen LogP contribution in [0.2, 0.25) is 0 Å². The molecular formula is C16H21NO2.